The van der Waals surface area contributed by atoms with Crippen LogP contribution in [0.15, 0.2) is 41.3 Å². The Balaban J connectivity index is 2.10. The predicted molar refractivity (Wildman–Crippen MR) is 91.3 cm³/mol. The van der Waals surface area contributed by atoms with Gasteiger partial charge in [-0.25, -0.2) is 13.1 Å². The lowest BCUT2D eigenvalue weighted by atomic mass is 9.70. The Kier molecular flexibility index (Phi) is 5.45. The van der Waals surface area contributed by atoms with Crippen molar-refractivity contribution in [2.24, 2.45) is 5.41 Å². The highest BCUT2D eigenvalue weighted by Gasteiger charge is 2.33. The van der Waals surface area contributed by atoms with E-state index < -0.39 is 10.0 Å². The summed E-state index contributed by atoms with van der Waals surface area (Å²) in [7, 11) is -3.43. The van der Waals surface area contributed by atoms with Crippen LogP contribution in [0, 0.1) is 12.3 Å². The number of rotatable bonds is 6. The zero-order valence-corrected chi connectivity index (χ0v) is 14.5. The largest absolute Gasteiger partial charge is 0.240 e. The summed E-state index contributed by atoms with van der Waals surface area (Å²) in [6.07, 6.45) is 6.68. The predicted octanol–water partition coefficient (Wildman–Crippen LogP) is 4.19. The topological polar surface area (TPSA) is 46.2 Å². The van der Waals surface area contributed by atoms with Crippen LogP contribution in [0.2, 0.25) is 0 Å². The van der Waals surface area contributed by atoms with Crippen molar-refractivity contribution < 1.29 is 8.42 Å². The van der Waals surface area contributed by atoms with E-state index in [9.17, 15) is 8.42 Å². The Morgan fingerprint density at radius 2 is 1.77 bits per heavy atom. The highest BCUT2D eigenvalue weighted by atomic mass is 32.2. The quantitative estimate of drug-likeness (QED) is 0.799. The maximum absolute atomic E-state index is 12.5. The summed E-state index contributed by atoms with van der Waals surface area (Å²) < 4.78 is 27.8. The van der Waals surface area contributed by atoms with Gasteiger partial charge in [-0.2, -0.15) is 0 Å². The molecule has 0 atom stereocenters. The molecule has 2 rings (SSSR count). The molecule has 1 aliphatic carbocycles. The van der Waals surface area contributed by atoms with E-state index in [0.717, 1.165) is 30.4 Å². The number of aryl methyl sites for hydroxylation is 1. The van der Waals surface area contributed by atoms with Crippen molar-refractivity contribution in [3.05, 3.63) is 42.0 Å². The van der Waals surface area contributed by atoms with Gasteiger partial charge in [0.05, 0.1) is 4.90 Å². The number of nitrogens with one attached hydrogen (secondary N) is 1. The van der Waals surface area contributed by atoms with Crippen LogP contribution < -0.4 is 4.72 Å². The van der Waals surface area contributed by atoms with Crippen LogP contribution in [-0.4, -0.2) is 15.0 Å². The van der Waals surface area contributed by atoms with Gasteiger partial charge in [0.2, 0.25) is 10.0 Å². The van der Waals surface area contributed by atoms with Crippen molar-refractivity contribution in [3.63, 3.8) is 0 Å². The van der Waals surface area contributed by atoms with Gasteiger partial charge < -0.3 is 0 Å². The highest BCUT2D eigenvalue weighted by molar-refractivity contribution is 7.89. The average molecular weight is 321 g/mol. The first kappa shape index (κ1) is 17.2. The molecule has 1 aromatic rings. The maximum atomic E-state index is 12.5. The van der Waals surface area contributed by atoms with Crippen molar-refractivity contribution in [3.8, 4) is 0 Å². The SMILES string of the molecule is C=C(C)CC1(CNS(=O)(=O)c2ccc(C)cc2)CCCCC1. The van der Waals surface area contributed by atoms with E-state index in [-0.39, 0.29) is 5.41 Å². The van der Waals surface area contributed by atoms with Gasteiger partial charge in [-0.3, -0.25) is 0 Å². The van der Waals surface area contributed by atoms with Gasteiger partial charge in [0.25, 0.3) is 0 Å². The van der Waals surface area contributed by atoms with Gasteiger partial charge >= 0.3 is 0 Å². The van der Waals surface area contributed by atoms with E-state index in [0.29, 0.717) is 11.4 Å². The molecule has 22 heavy (non-hydrogen) atoms. The molecule has 1 aliphatic rings. The molecule has 0 aromatic heterocycles. The van der Waals surface area contributed by atoms with Crippen LogP contribution in [0.1, 0.15) is 51.0 Å². The first-order valence-electron chi connectivity index (χ1n) is 8.04. The third-order valence-electron chi connectivity index (χ3n) is 4.56. The van der Waals surface area contributed by atoms with E-state index in [2.05, 4.69) is 11.3 Å². The maximum Gasteiger partial charge on any atom is 0.240 e. The molecule has 4 heteroatoms. The van der Waals surface area contributed by atoms with E-state index in [4.69, 9.17) is 0 Å². The Morgan fingerprint density at radius 3 is 2.32 bits per heavy atom. The van der Waals surface area contributed by atoms with Crippen LogP contribution in [-0.2, 0) is 10.0 Å². The van der Waals surface area contributed by atoms with Crippen molar-refractivity contribution >= 4 is 10.0 Å². The molecule has 3 nitrogen and oxygen atoms in total. The second-order valence-electron chi connectivity index (χ2n) is 6.83. The van der Waals surface area contributed by atoms with Crippen molar-refractivity contribution in [1.29, 1.82) is 0 Å². The van der Waals surface area contributed by atoms with Gasteiger partial charge in [0, 0.05) is 6.54 Å². The summed E-state index contributed by atoms with van der Waals surface area (Å²) in [5.74, 6) is 0. The molecule has 0 unspecified atom stereocenters. The lowest BCUT2D eigenvalue weighted by Crippen LogP contribution is -2.39. The highest BCUT2D eigenvalue weighted by Crippen LogP contribution is 2.40. The smallest absolute Gasteiger partial charge is 0.211 e. The van der Waals surface area contributed by atoms with Gasteiger partial charge in [-0.15, -0.1) is 6.58 Å². The Morgan fingerprint density at radius 1 is 1.18 bits per heavy atom. The standard InChI is InChI=1S/C18H27NO2S/c1-15(2)13-18(11-5-4-6-12-18)14-19-22(20,21)17-9-7-16(3)8-10-17/h7-10,19H,1,4-6,11-14H2,2-3H3. The lowest BCUT2D eigenvalue weighted by molar-refractivity contribution is 0.190. The number of hydrogen-bond donors (Lipinski definition) is 1. The van der Waals surface area contributed by atoms with Crippen LogP contribution >= 0.6 is 0 Å². The van der Waals surface area contributed by atoms with E-state index in [1.807, 2.05) is 26.0 Å². The van der Waals surface area contributed by atoms with Crippen LogP contribution in [0.25, 0.3) is 0 Å². The molecular weight excluding hydrogens is 294 g/mol. The number of sulfonamides is 1. The molecular formula is C18H27NO2S. The molecule has 1 saturated carbocycles. The van der Waals surface area contributed by atoms with Crippen molar-refractivity contribution in [2.75, 3.05) is 6.54 Å². The van der Waals surface area contributed by atoms with Gasteiger partial charge in [0.1, 0.15) is 0 Å². The normalized spacial score (nSPS) is 18.1. The first-order valence-corrected chi connectivity index (χ1v) is 9.52. The summed E-state index contributed by atoms with van der Waals surface area (Å²) in [5.41, 5.74) is 2.24. The summed E-state index contributed by atoms with van der Waals surface area (Å²) in [6.45, 7) is 8.52. The number of hydrogen-bond acceptors (Lipinski definition) is 2. The third-order valence-corrected chi connectivity index (χ3v) is 5.98. The van der Waals surface area contributed by atoms with Crippen molar-refractivity contribution in [1.82, 2.24) is 4.72 Å². The fraction of sp³-hybridized carbons (Fsp3) is 0.556. The molecule has 0 amide bonds. The monoisotopic (exact) mass is 321 g/mol. The van der Waals surface area contributed by atoms with E-state index in [1.165, 1.54) is 19.3 Å². The molecule has 1 aromatic carbocycles. The second-order valence-corrected chi connectivity index (χ2v) is 8.60. The summed E-state index contributed by atoms with van der Waals surface area (Å²) in [4.78, 5) is 0.347. The fourth-order valence-electron chi connectivity index (χ4n) is 3.41. The van der Waals surface area contributed by atoms with Gasteiger partial charge in [0.15, 0.2) is 0 Å². The number of benzene rings is 1. The summed E-state index contributed by atoms with van der Waals surface area (Å²) in [5, 5.41) is 0. The summed E-state index contributed by atoms with van der Waals surface area (Å²) >= 11 is 0. The van der Waals surface area contributed by atoms with Gasteiger partial charge in [-0.05, 0) is 50.7 Å². The fourth-order valence-corrected chi connectivity index (χ4v) is 4.56. The Hall–Kier alpha value is -1.13. The Bertz CT molecular complexity index is 611. The third kappa shape index (κ3) is 4.43. The van der Waals surface area contributed by atoms with Crippen LogP contribution in [0.4, 0.5) is 0 Å². The Labute approximate surface area is 134 Å². The molecule has 1 N–H and O–H groups in total. The minimum Gasteiger partial charge on any atom is -0.211 e. The van der Waals surface area contributed by atoms with Crippen molar-refractivity contribution in [2.45, 2.75) is 57.3 Å². The zero-order valence-electron chi connectivity index (χ0n) is 13.7. The molecule has 0 spiro atoms. The number of allylic oxidation sites excluding steroid dienone is 1. The molecule has 0 radical (unpaired) electrons. The zero-order chi connectivity index (χ0) is 16.2. The minimum atomic E-state index is -3.43. The van der Waals surface area contributed by atoms with Crippen LogP contribution in [0.3, 0.4) is 0 Å². The van der Waals surface area contributed by atoms with E-state index in [1.54, 1.807) is 12.1 Å². The van der Waals surface area contributed by atoms with Gasteiger partial charge in [-0.1, -0.05) is 42.5 Å². The lowest BCUT2D eigenvalue weighted by Gasteiger charge is -2.37. The van der Waals surface area contributed by atoms with E-state index >= 15 is 0 Å². The molecule has 0 saturated heterocycles. The summed E-state index contributed by atoms with van der Waals surface area (Å²) in [6, 6.07) is 7.01. The second kappa shape index (κ2) is 6.97. The minimum absolute atomic E-state index is 0.0435. The molecule has 0 heterocycles. The molecule has 0 aliphatic heterocycles. The first-order chi connectivity index (χ1) is 10.3. The molecule has 0 bridgehead atoms. The average Bonchev–Trinajstić information content (AvgIpc) is 2.46. The molecule has 1 fully saturated rings. The molecule has 122 valence electrons. The van der Waals surface area contributed by atoms with Crippen LogP contribution in [0.5, 0.6) is 0 Å².